The van der Waals surface area contributed by atoms with Crippen molar-refractivity contribution in [3.63, 3.8) is 0 Å². The molecule has 6 nitrogen and oxygen atoms in total. The Kier molecular flexibility index (Phi) is 6.31. The van der Waals surface area contributed by atoms with Crippen molar-refractivity contribution in [1.82, 2.24) is 9.21 Å². The van der Waals surface area contributed by atoms with Gasteiger partial charge in [0.05, 0.1) is 4.90 Å². The molecule has 0 aliphatic carbocycles. The Hall–Kier alpha value is -2.04. The molecule has 2 aromatic carbocycles. The molecule has 0 spiro atoms. The normalized spacial score (nSPS) is 15.6. The van der Waals surface area contributed by atoms with Crippen molar-refractivity contribution in [2.45, 2.75) is 11.5 Å². The molecule has 1 amide bonds. The Morgan fingerprint density at radius 3 is 2.25 bits per heavy atom. The third-order valence-corrected chi connectivity index (χ3v) is 6.67. The van der Waals surface area contributed by atoms with E-state index >= 15 is 0 Å². The number of rotatable bonds is 5. The second-order valence-corrected chi connectivity index (χ2v) is 8.91. The quantitative estimate of drug-likeness (QED) is 0.667. The van der Waals surface area contributed by atoms with E-state index in [4.69, 9.17) is 0 Å². The van der Waals surface area contributed by atoms with Crippen LogP contribution in [0.4, 0.5) is 8.78 Å². The number of amides is 1. The van der Waals surface area contributed by atoms with Gasteiger partial charge in [-0.3, -0.25) is 4.79 Å². The molecular weight excluding hydrogens is 458 g/mol. The van der Waals surface area contributed by atoms with Crippen LogP contribution in [0.15, 0.2) is 57.9 Å². The van der Waals surface area contributed by atoms with E-state index in [1.165, 1.54) is 45.6 Å². The van der Waals surface area contributed by atoms with Gasteiger partial charge >= 0.3 is 6.61 Å². The Morgan fingerprint density at radius 1 is 1.04 bits per heavy atom. The first-order valence-electron chi connectivity index (χ1n) is 8.37. The predicted octanol–water partition coefficient (Wildman–Crippen LogP) is 3.20. The van der Waals surface area contributed by atoms with Crippen LogP contribution in [0, 0.1) is 0 Å². The fourth-order valence-electron chi connectivity index (χ4n) is 2.87. The third kappa shape index (κ3) is 4.68. The molecule has 1 fully saturated rings. The lowest BCUT2D eigenvalue weighted by molar-refractivity contribution is -0.0498. The first-order chi connectivity index (χ1) is 13.3. The predicted molar refractivity (Wildman–Crippen MR) is 102 cm³/mol. The highest BCUT2D eigenvalue weighted by atomic mass is 79.9. The number of carbonyl (C=O) groups is 1. The summed E-state index contributed by atoms with van der Waals surface area (Å²) in [4.78, 5) is 14.3. The maximum Gasteiger partial charge on any atom is 0.387 e. The molecule has 0 aromatic heterocycles. The number of alkyl halides is 2. The maximum atomic E-state index is 12.7. The zero-order chi connectivity index (χ0) is 20.3. The number of sulfonamides is 1. The molecule has 0 unspecified atom stereocenters. The zero-order valence-electron chi connectivity index (χ0n) is 14.6. The summed E-state index contributed by atoms with van der Waals surface area (Å²) in [5, 5.41) is 0. The van der Waals surface area contributed by atoms with Crippen molar-refractivity contribution in [3.8, 4) is 5.75 Å². The van der Waals surface area contributed by atoms with Gasteiger partial charge in [-0.2, -0.15) is 13.1 Å². The molecule has 0 bridgehead atoms. The summed E-state index contributed by atoms with van der Waals surface area (Å²) in [6.45, 7) is -2.11. The van der Waals surface area contributed by atoms with E-state index in [0.29, 0.717) is 10.0 Å². The van der Waals surface area contributed by atoms with E-state index in [0.717, 1.165) is 0 Å². The Bertz CT molecular complexity index is 946. The van der Waals surface area contributed by atoms with Gasteiger partial charge in [0.15, 0.2) is 0 Å². The SMILES string of the molecule is O=C(c1ccc(OC(F)F)cc1)N1CCN(S(=O)(=O)c2cccc(Br)c2)CC1. The number of nitrogens with zero attached hydrogens (tertiary/aromatic N) is 2. The minimum Gasteiger partial charge on any atom is -0.435 e. The van der Waals surface area contributed by atoms with Crippen LogP contribution in [0.3, 0.4) is 0 Å². The van der Waals surface area contributed by atoms with Gasteiger partial charge in [-0.1, -0.05) is 22.0 Å². The van der Waals surface area contributed by atoms with Crippen molar-refractivity contribution in [2.24, 2.45) is 0 Å². The highest BCUT2D eigenvalue weighted by Gasteiger charge is 2.30. The van der Waals surface area contributed by atoms with Crippen LogP contribution in [-0.4, -0.2) is 56.3 Å². The Labute approximate surface area is 169 Å². The molecule has 1 aliphatic rings. The van der Waals surface area contributed by atoms with E-state index in [-0.39, 0.29) is 42.7 Å². The van der Waals surface area contributed by atoms with E-state index in [2.05, 4.69) is 20.7 Å². The standard InChI is InChI=1S/C18H17BrF2N2O4S/c19-14-2-1-3-16(12-14)28(25,26)23-10-8-22(9-11-23)17(24)13-4-6-15(7-5-13)27-18(20)21/h1-7,12,18H,8-11H2. The molecular formula is C18H17BrF2N2O4S. The first-order valence-corrected chi connectivity index (χ1v) is 10.6. The van der Waals surface area contributed by atoms with Crippen LogP contribution >= 0.6 is 15.9 Å². The molecule has 150 valence electrons. The van der Waals surface area contributed by atoms with Crippen LogP contribution in [0.5, 0.6) is 5.75 Å². The number of hydrogen-bond donors (Lipinski definition) is 0. The van der Waals surface area contributed by atoms with Crippen molar-refractivity contribution in [3.05, 3.63) is 58.6 Å². The Morgan fingerprint density at radius 2 is 1.68 bits per heavy atom. The molecule has 3 rings (SSSR count). The van der Waals surface area contributed by atoms with Gasteiger partial charge in [-0.05, 0) is 42.5 Å². The van der Waals surface area contributed by atoms with Crippen LogP contribution in [0.1, 0.15) is 10.4 Å². The summed E-state index contributed by atoms with van der Waals surface area (Å²) in [5.41, 5.74) is 0.324. The highest BCUT2D eigenvalue weighted by molar-refractivity contribution is 9.10. The third-order valence-electron chi connectivity index (χ3n) is 4.29. The molecule has 0 saturated carbocycles. The van der Waals surface area contributed by atoms with Crippen molar-refractivity contribution in [1.29, 1.82) is 0 Å². The highest BCUT2D eigenvalue weighted by Crippen LogP contribution is 2.22. The number of ether oxygens (including phenoxy) is 1. The van der Waals surface area contributed by atoms with Crippen LogP contribution in [0.2, 0.25) is 0 Å². The lowest BCUT2D eigenvalue weighted by atomic mass is 10.2. The second kappa shape index (κ2) is 8.54. The van der Waals surface area contributed by atoms with E-state index in [1.54, 1.807) is 12.1 Å². The summed E-state index contributed by atoms with van der Waals surface area (Å²) >= 11 is 3.26. The van der Waals surface area contributed by atoms with E-state index < -0.39 is 16.6 Å². The summed E-state index contributed by atoms with van der Waals surface area (Å²) < 4.78 is 56.1. The van der Waals surface area contributed by atoms with Crippen LogP contribution in [0.25, 0.3) is 0 Å². The van der Waals surface area contributed by atoms with Gasteiger partial charge in [0.25, 0.3) is 5.91 Å². The summed E-state index contributed by atoms with van der Waals surface area (Å²) in [6.07, 6.45) is 0. The van der Waals surface area contributed by atoms with Gasteiger partial charge in [0.2, 0.25) is 10.0 Å². The smallest absolute Gasteiger partial charge is 0.387 e. The molecule has 0 N–H and O–H groups in total. The summed E-state index contributed by atoms with van der Waals surface area (Å²) in [6, 6.07) is 11.9. The van der Waals surface area contributed by atoms with Gasteiger partial charge in [-0.15, -0.1) is 0 Å². The lowest BCUT2D eigenvalue weighted by Crippen LogP contribution is -2.50. The summed E-state index contributed by atoms with van der Waals surface area (Å²) in [7, 11) is -3.64. The number of halogens is 3. The monoisotopic (exact) mass is 474 g/mol. The summed E-state index contributed by atoms with van der Waals surface area (Å²) in [5.74, 6) is -0.320. The zero-order valence-corrected chi connectivity index (χ0v) is 17.0. The second-order valence-electron chi connectivity index (χ2n) is 6.06. The molecule has 1 saturated heterocycles. The Balaban J connectivity index is 1.64. The van der Waals surface area contributed by atoms with E-state index in [1.807, 2.05) is 0 Å². The van der Waals surface area contributed by atoms with Crippen LogP contribution in [-0.2, 0) is 10.0 Å². The van der Waals surface area contributed by atoms with Crippen molar-refractivity contribution >= 4 is 31.9 Å². The van der Waals surface area contributed by atoms with E-state index in [9.17, 15) is 22.0 Å². The number of carbonyl (C=O) groups excluding carboxylic acids is 1. The van der Waals surface area contributed by atoms with Crippen molar-refractivity contribution < 1.29 is 26.7 Å². The molecule has 1 heterocycles. The van der Waals surface area contributed by atoms with Gasteiger partial charge in [0, 0.05) is 36.2 Å². The van der Waals surface area contributed by atoms with Gasteiger partial charge in [0.1, 0.15) is 5.75 Å². The topological polar surface area (TPSA) is 66.9 Å². The minimum absolute atomic E-state index is 0.0310. The molecule has 0 atom stereocenters. The largest absolute Gasteiger partial charge is 0.435 e. The van der Waals surface area contributed by atoms with Crippen molar-refractivity contribution in [2.75, 3.05) is 26.2 Å². The number of hydrogen-bond acceptors (Lipinski definition) is 4. The molecule has 2 aromatic rings. The fraction of sp³-hybridized carbons (Fsp3) is 0.278. The van der Waals surface area contributed by atoms with Gasteiger partial charge < -0.3 is 9.64 Å². The minimum atomic E-state index is -3.64. The van der Waals surface area contributed by atoms with Gasteiger partial charge in [-0.25, -0.2) is 8.42 Å². The van der Waals surface area contributed by atoms with Crippen LogP contribution < -0.4 is 4.74 Å². The molecule has 1 aliphatic heterocycles. The maximum absolute atomic E-state index is 12.7. The first kappa shape index (κ1) is 20.7. The molecule has 28 heavy (non-hydrogen) atoms. The number of benzene rings is 2. The number of piperazine rings is 1. The average Bonchev–Trinajstić information content (AvgIpc) is 2.68. The molecule has 0 radical (unpaired) electrons. The average molecular weight is 475 g/mol. The lowest BCUT2D eigenvalue weighted by Gasteiger charge is -2.34. The fourth-order valence-corrected chi connectivity index (χ4v) is 4.89. The molecule has 10 heteroatoms.